The maximum absolute atomic E-state index is 12.7. The predicted molar refractivity (Wildman–Crippen MR) is 52.9 cm³/mol. The molecule has 0 saturated heterocycles. The zero-order valence-corrected chi connectivity index (χ0v) is 8.21. The van der Waals surface area contributed by atoms with Crippen molar-refractivity contribution in [2.45, 2.75) is 5.38 Å². The summed E-state index contributed by atoms with van der Waals surface area (Å²) in [5.41, 5.74) is -0.00747. The van der Waals surface area contributed by atoms with Crippen LogP contribution in [0.2, 0.25) is 0 Å². The summed E-state index contributed by atoms with van der Waals surface area (Å²) in [4.78, 5) is 10.2. The van der Waals surface area contributed by atoms with E-state index in [1.807, 2.05) is 0 Å². The number of carbonyl (C=O) groups is 1. The van der Waals surface area contributed by atoms with Crippen LogP contribution in [0.15, 0.2) is 30.3 Å². The summed E-state index contributed by atoms with van der Waals surface area (Å²) in [5, 5.41) is 4.91. The largest absolute Gasteiger partial charge is 0.478 e. The minimum absolute atomic E-state index is 0.357. The van der Waals surface area contributed by atoms with E-state index in [9.17, 15) is 13.6 Å². The van der Waals surface area contributed by atoms with E-state index in [0.717, 1.165) is 12.1 Å². The van der Waals surface area contributed by atoms with Crippen LogP contribution in [-0.4, -0.2) is 11.1 Å². The Labute approximate surface area is 89.8 Å². The molecule has 1 rings (SSSR count). The second-order valence-electron chi connectivity index (χ2n) is 2.79. The van der Waals surface area contributed by atoms with Crippen molar-refractivity contribution in [3.8, 4) is 0 Å². The molecule has 5 heteroatoms. The number of halogens is 3. The Hall–Kier alpha value is -1.42. The van der Waals surface area contributed by atoms with E-state index in [1.54, 1.807) is 0 Å². The first kappa shape index (κ1) is 11.7. The van der Waals surface area contributed by atoms with Crippen molar-refractivity contribution in [3.05, 3.63) is 41.5 Å². The quantitative estimate of drug-likeness (QED) is 0.642. The van der Waals surface area contributed by atoms with Gasteiger partial charge < -0.3 is 5.11 Å². The van der Waals surface area contributed by atoms with E-state index < -0.39 is 11.4 Å². The topological polar surface area (TPSA) is 37.3 Å². The van der Waals surface area contributed by atoms with E-state index >= 15 is 0 Å². The van der Waals surface area contributed by atoms with Crippen LogP contribution in [-0.2, 0) is 10.2 Å². The summed E-state index contributed by atoms with van der Waals surface area (Å²) in [5.74, 6) is -1.14. The first-order chi connectivity index (χ1) is 6.89. The average Bonchev–Trinajstić information content (AvgIpc) is 2.14. The van der Waals surface area contributed by atoms with Crippen molar-refractivity contribution in [2.75, 3.05) is 0 Å². The molecule has 0 unspecified atom stereocenters. The van der Waals surface area contributed by atoms with E-state index in [1.165, 1.54) is 24.3 Å². The van der Waals surface area contributed by atoms with Gasteiger partial charge in [-0.25, -0.2) is 4.79 Å². The van der Waals surface area contributed by atoms with Crippen molar-refractivity contribution >= 4 is 23.6 Å². The van der Waals surface area contributed by atoms with Crippen LogP contribution in [0.25, 0.3) is 6.08 Å². The minimum Gasteiger partial charge on any atom is -0.478 e. The fourth-order valence-electron chi connectivity index (χ4n) is 0.986. The molecule has 0 amide bonds. The fourth-order valence-corrected chi connectivity index (χ4v) is 1.10. The van der Waals surface area contributed by atoms with Crippen molar-refractivity contribution in [1.29, 1.82) is 0 Å². The zero-order chi connectivity index (χ0) is 11.5. The number of carboxylic acid groups (broad SMARTS) is 1. The van der Waals surface area contributed by atoms with Crippen LogP contribution in [0.4, 0.5) is 8.78 Å². The molecular weight excluding hydrogens is 226 g/mol. The molecule has 0 aliphatic carbocycles. The highest BCUT2D eigenvalue weighted by Crippen LogP contribution is 2.32. The summed E-state index contributed by atoms with van der Waals surface area (Å²) in [7, 11) is 0. The van der Waals surface area contributed by atoms with Gasteiger partial charge in [0.05, 0.1) is 0 Å². The smallest absolute Gasteiger partial charge is 0.348 e. The highest BCUT2D eigenvalue weighted by Gasteiger charge is 2.27. The third-order valence-corrected chi connectivity index (χ3v) is 1.85. The van der Waals surface area contributed by atoms with Gasteiger partial charge >= 0.3 is 11.4 Å². The molecule has 0 fully saturated rings. The van der Waals surface area contributed by atoms with Crippen molar-refractivity contribution in [1.82, 2.24) is 0 Å². The summed E-state index contributed by atoms with van der Waals surface area (Å²) < 4.78 is 25.3. The van der Waals surface area contributed by atoms with Gasteiger partial charge in [-0.15, -0.1) is 0 Å². The van der Waals surface area contributed by atoms with Crippen LogP contribution >= 0.6 is 11.6 Å². The van der Waals surface area contributed by atoms with Gasteiger partial charge in [0.25, 0.3) is 0 Å². The van der Waals surface area contributed by atoms with Gasteiger partial charge in [-0.3, -0.25) is 0 Å². The molecule has 1 aromatic rings. The molecule has 2 nitrogen and oxygen atoms in total. The van der Waals surface area contributed by atoms with Gasteiger partial charge in [-0.05, 0) is 29.3 Å². The summed E-state index contributed by atoms with van der Waals surface area (Å²) in [6, 6.07) is 5.19. The lowest BCUT2D eigenvalue weighted by molar-refractivity contribution is -0.131. The number of hydrogen-bond donors (Lipinski definition) is 1. The van der Waals surface area contributed by atoms with Crippen LogP contribution in [0.1, 0.15) is 11.1 Å². The highest BCUT2D eigenvalue weighted by molar-refractivity contribution is 6.21. The van der Waals surface area contributed by atoms with Crippen LogP contribution in [0.5, 0.6) is 0 Å². The second kappa shape index (κ2) is 4.40. The van der Waals surface area contributed by atoms with Crippen molar-refractivity contribution < 1.29 is 18.7 Å². The molecule has 0 aliphatic rings. The lowest BCUT2D eigenvalue weighted by Gasteiger charge is -2.07. The molecular formula is C10H7ClF2O2. The summed E-state index contributed by atoms with van der Waals surface area (Å²) in [6.07, 6.45) is 2.08. The molecule has 0 saturated carbocycles. The molecule has 0 heterocycles. The molecule has 0 aliphatic heterocycles. The maximum atomic E-state index is 12.7. The fraction of sp³-hybridized carbons (Fsp3) is 0.100. The second-order valence-corrected chi connectivity index (χ2v) is 3.27. The van der Waals surface area contributed by atoms with Crippen molar-refractivity contribution in [3.63, 3.8) is 0 Å². The van der Waals surface area contributed by atoms with E-state index in [4.69, 9.17) is 16.7 Å². The molecule has 0 spiro atoms. The van der Waals surface area contributed by atoms with Crippen molar-refractivity contribution in [2.24, 2.45) is 0 Å². The Morgan fingerprint density at radius 1 is 1.47 bits per heavy atom. The molecule has 80 valence electrons. The van der Waals surface area contributed by atoms with E-state index in [2.05, 4.69) is 0 Å². The lowest BCUT2D eigenvalue weighted by atomic mass is 10.1. The predicted octanol–water partition coefficient (Wildman–Crippen LogP) is 3.07. The van der Waals surface area contributed by atoms with Gasteiger partial charge in [-0.2, -0.15) is 8.78 Å². The lowest BCUT2D eigenvalue weighted by Crippen LogP contribution is -2.02. The molecule has 1 aromatic carbocycles. The Balaban J connectivity index is 2.98. The molecule has 15 heavy (non-hydrogen) atoms. The first-order valence-electron chi connectivity index (χ1n) is 3.98. The van der Waals surface area contributed by atoms with Crippen LogP contribution < -0.4 is 0 Å². The van der Waals surface area contributed by atoms with Gasteiger partial charge in [0.2, 0.25) is 0 Å². The molecule has 0 bridgehead atoms. The molecule has 1 N–H and O–H groups in total. The Bertz CT molecular complexity index is 397. The maximum Gasteiger partial charge on any atom is 0.348 e. The van der Waals surface area contributed by atoms with Crippen LogP contribution in [0.3, 0.4) is 0 Å². The Morgan fingerprint density at radius 2 is 2.13 bits per heavy atom. The molecule has 0 radical (unpaired) electrons. The molecule has 0 atom stereocenters. The standard InChI is InChI=1S/C10H7ClF2O2/c11-10(12,13)8-3-1-2-7(6-8)4-5-9(14)15/h1-6H,(H,14,15)/b5-4+. The molecule has 0 aromatic heterocycles. The Kier molecular flexibility index (Phi) is 3.42. The highest BCUT2D eigenvalue weighted by atomic mass is 35.5. The summed E-state index contributed by atoms with van der Waals surface area (Å²) >= 11 is 4.82. The third-order valence-electron chi connectivity index (χ3n) is 1.63. The first-order valence-corrected chi connectivity index (χ1v) is 4.35. The zero-order valence-electron chi connectivity index (χ0n) is 7.45. The minimum atomic E-state index is -3.44. The Morgan fingerprint density at radius 3 is 2.67 bits per heavy atom. The van der Waals surface area contributed by atoms with Gasteiger partial charge in [0.15, 0.2) is 0 Å². The normalized spacial score (nSPS) is 11.9. The van der Waals surface area contributed by atoms with Gasteiger partial charge in [0.1, 0.15) is 0 Å². The number of aliphatic carboxylic acids is 1. The van der Waals surface area contributed by atoms with Crippen LogP contribution in [0, 0.1) is 0 Å². The van der Waals surface area contributed by atoms with Gasteiger partial charge in [-0.1, -0.05) is 18.2 Å². The number of rotatable bonds is 3. The number of alkyl halides is 3. The average molecular weight is 233 g/mol. The number of benzene rings is 1. The number of hydrogen-bond acceptors (Lipinski definition) is 1. The van der Waals surface area contributed by atoms with Gasteiger partial charge in [0, 0.05) is 11.6 Å². The summed E-state index contributed by atoms with van der Waals surface area (Å²) in [6.45, 7) is 0. The third kappa shape index (κ3) is 3.67. The SMILES string of the molecule is O=C(O)/C=C/c1cccc(C(F)(F)Cl)c1. The monoisotopic (exact) mass is 232 g/mol. The van der Waals surface area contributed by atoms with E-state index in [-0.39, 0.29) is 5.56 Å². The van der Waals surface area contributed by atoms with E-state index in [0.29, 0.717) is 5.56 Å². The number of carboxylic acids is 1.